The van der Waals surface area contributed by atoms with Gasteiger partial charge in [-0.1, -0.05) is 11.6 Å². The van der Waals surface area contributed by atoms with Crippen LogP contribution in [-0.4, -0.2) is 29.3 Å². The van der Waals surface area contributed by atoms with E-state index in [2.05, 4.69) is 20.8 Å². The van der Waals surface area contributed by atoms with Crippen molar-refractivity contribution in [2.45, 2.75) is 18.9 Å². The second kappa shape index (κ2) is 4.57. The van der Waals surface area contributed by atoms with Gasteiger partial charge in [0.1, 0.15) is 5.82 Å². The Morgan fingerprint density at radius 3 is 3.07 bits per heavy atom. The molecule has 1 atom stereocenters. The van der Waals surface area contributed by atoms with Crippen LogP contribution in [0.4, 0.5) is 5.82 Å². The fourth-order valence-electron chi connectivity index (χ4n) is 1.57. The van der Waals surface area contributed by atoms with Gasteiger partial charge in [0.05, 0.1) is 0 Å². The first-order valence-electron chi connectivity index (χ1n) is 4.81. The van der Waals surface area contributed by atoms with Gasteiger partial charge in [-0.15, -0.1) is 10.2 Å². The summed E-state index contributed by atoms with van der Waals surface area (Å²) in [5.41, 5.74) is 0. The van der Waals surface area contributed by atoms with Crippen LogP contribution in [0.2, 0.25) is 5.15 Å². The van der Waals surface area contributed by atoms with Crippen LogP contribution in [0.15, 0.2) is 12.1 Å². The molecular formula is C9H13ClN4. The number of nitrogens with one attached hydrogen (secondary N) is 2. The molecule has 0 bridgehead atoms. The summed E-state index contributed by atoms with van der Waals surface area (Å²) in [7, 11) is 0. The third-order valence-corrected chi connectivity index (χ3v) is 2.53. The molecule has 0 amide bonds. The number of aromatic nitrogens is 2. The summed E-state index contributed by atoms with van der Waals surface area (Å²) in [6.07, 6.45) is 2.49. The average molecular weight is 213 g/mol. The maximum Gasteiger partial charge on any atom is 0.151 e. The van der Waals surface area contributed by atoms with Gasteiger partial charge >= 0.3 is 0 Å². The summed E-state index contributed by atoms with van der Waals surface area (Å²) in [5, 5.41) is 14.7. The fraction of sp³-hybridized carbons (Fsp3) is 0.556. The summed E-state index contributed by atoms with van der Waals surface area (Å²) < 4.78 is 0. The van der Waals surface area contributed by atoms with Crippen LogP contribution in [0.1, 0.15) is 12.8 Å². The minimum absolute atomic E-state index is 0.426. The second-order valence-electron chi connectivity index (χ2n) is 3.42. The zero-order chi connectivity index (χ0) is 9.80. The molecule has 1 saturated heterocycles. The summed E-state index contributed by atoms with van der Waals surface area (Å²) >= 11 is 5.63. The van der Waals surface area contributed by atoms with Gasteiger partial charge in [0.25, 0.3) is 0 Å². The molecule has 2 rings (SSSR count). The lowest BCUT2D eigenvalue weighted by molar-refractivity contribution is 0.632. The van der Waals surface area contributed by atoms with Gasteiger partial charge in [0, 0.05) is 12.6 Å². The molecule has 1 fully saturated rings. The van der Waals surface area contributed by atoms with Crippen LogP contribution in [0, 0.1) is 0 Å². The number of nitrogens with zero attached hydrogens (tertiary/aromatic N) is 2. The first kappa shape index (κ1) is 9.68. The molecule has 1 aromatic heterocycles. The Kier molecular flexibility index (Phi) is 3.16. The largest absolute Gasteiger partial charge is 0.367 e. The summed E-state index contributed by atoms with van der Waals surface area (Å²) in [6, 6.07) is 4.14. The highest BCUT2D eigenvalue weighted by molar-refractivity contribution is 6.29. The molecule has 2 N–H and O–H groups in total. The van der Waals surface area contributed by atoms with Crippen LogP contribution in [-0.2, 0) is 0 Å². The van der Waals surface area contributed by atoms with Crippen LogP contribution < -0.4 is 10.6 Å². The van der Waals surface area contributed by atoms with Crippen LogP contribution >= 0.6 is 11.6 Å². The Bertz CT molecular complexity index is 281. The standard InChI is InChI=1S/C9H13ClN4/c10-8-3-4-9(14-13-8)12-6-7-2-1-5-11-7/h3-4,7,11H,1-2,5-6H2,(H,12,14). The number of rotatable bonds is 3. The predicted molar refractivity (Wildman–Crippen MR) is 56.6 cm³/mol. The fourth-order valence-corrected chi connectivity index (χ4v) is 1.67. The maximum atomic E-state index is 5.63. The average Bonchev–Trinajstić information content (AvgIpc) is 2.70. The molecule has 14 heavy (non-hydrogen) atoms. The van der Waals surface area contributed by atoms with E-state index in [1.807, 2.05) is 6.07 Å². The third kappa shape index (κ3) is 2.56. The lowest BCUT2D eigenvalue weighted by Crippen LogP contribution is -2.29. The summed E-state index contributed by atoms with van der Waals surface area (Å²) in [4.78, 5) is 0. The molecule has 0 saturated carbocycles. The van der Waals surface area contributed by atoms with Crippen LogP contribution in [0.3, 0.4) is 0 Å². The third-order valence-electron chi connectivity index (χ3n) is 2.32. The van der Waals surface area contributed by atoms with Crippen molar-refractivity contribution in [2.75, 3.05) is 18.4 Å². The molecule has 76 valence electrons. The van der Waals surface area contributed by atoms with E-state index in [0.29, 0.717) is 11.2 Å². The summed E-state index contributed by atoms with van der Waals surface area (Å²) in [5.74, 6) is 0.781. The quantitative estimate of drug-likeness (QED) is 0.793. The van der Waals surface area contributed by atoms with E-state index >= 15 is 0 Å². The van der Waals surface area contributed by atoms with Gasteiger partial charge in [-0.3, -0.25) is 0 Å². The predicted octanol–water partition coefficient (Wildman–Crippen LogP) is 1.29. The Morgan fingerprint density at radius 2 is 2.43 bits per heavy atom. The van der Waals surface area contributed by atoms with Crippen molar-refractivity contribution >= 4 is 17.4 Å². The van der Waals surface area contributed by atoms with Crippen LogP contribution in [0.25, 0.3) is 0 Å². The molecule has 0 aromatic carbocycles. The van der Waals surface area contributed by atoms with Gasteiger partial charge in [-0.25, -0.2) is 0 Å². The topological polar surface area (TPSA) is 49.8 Å². The monoisotopic (exact) mass is 212 g/mol. The molecular weight excluding hydrogens is 200 g/mol. The molecule has 0 spiro atoms. The van der Waals surface area contributed by atoms with Crippen molar-refractivity contribution in [2.24, 2.45) is 0 Å². The van der Waals surface area contributed by atoms with Gasteiger partial charge in [0.15, 0.2) is 5.15 Å². The van der Waals surface area contributed by atoms with Crippen molar-refractivity contribution in [3.8, 4) is 0 Å². The first-order valence-corrected chi connectivity index (χ1v) is 5.19. The number of anilines is 1. The molecule has 1 unspecified atom stereocenters. The van der Waals surface area contributed by atoms with Crippen molar-refractivity contribution in [3.63, 3.8) is 0 Å². The lowest BCUT2D eigenvalue weighted by atomic mass is 10.2. The molecule has 0 radical (unpaired) electrons. The van der Waals surface area contributed by atoms with Gasteiger partial charge in [-0.05, 0) is 31.5 Å². The van der Waals surface area contributed by atoms with Gasteiger partial charge < -0.3 is 10.6 Å². The Balaban J connectivity index is 1.82. The second-order valence-corrected chi connectivity index (χ2v) is 3.80. The van der Waals surface area contributed by atoms with Gasteiger partial charge in [-0.2, -0.15) is 0 Å². The van der Waals surface area contributed by atoms with Gasteiger partial charge in [0.2, 0.25) is 0 Å². The SMILES string of the molecule is Clc1ccc(NCC2CCCN2)nn1. The molecule has 0 aliphatic carbocycles. The highest BCUT2D eigenvalue weighted by Crippen LogP contribution is 2.08. The van der Waals surface area contributed by atoms with E-state index < -0.39 is 0 Å². The molecule has 1 aliphatic heterocycles. The van der Waals surface area contributed by atoms with E-state index in [1.54, 1.807) is 6.07 Å². The smallest absolute Gasteiger partial charge is 0.151 e. The Labute approximate surface area is 88.1 Å². The van der Waals surface area contributed by atoms with Crippen molar-refractivity contribution in [1.29, 1.82) is 0 Å². The van der Waals surface area contributed by atoms with E-state index in [-0.39, 0.29) is 0 Å². The minimum Gasteiger partial charge on any atom is -0.367 e. The molecule has 1 aromatic rings. The zero-order valence-electron chi connectivity index (χ0n) is 7.83. The van der Waals surface area contributed by atoms with E-state index in [4.69, 9.17) is 11.6 Å². The van der Waals surface area contributed by atoms with Crippen molar-refractivity contribution in [3.05, 3.63) is 17.3 Å². The zero-order valence-corrected chi connectivity index (χ0v) is 8.59. The molecule has 1 aliphatic rings. The molecule has 4 nitrogen and oxygen atoms in total. The Hall–Kier alpha value is -0.870. The first-order chi connectivity index (χ1) is 6.84. The number of halogens is 1. The Morgan fingerprint density at radius 1 is 1.50 bits per heavy atom. The van der Waals surface area contributed by atoms with E-state index in [0.717, 1.165) is 18.9 Å². The highest BCUT2D eigenvalue weighted by Gasteiger charge is 2.13. The van der Waals surface area contributed by atoms with Crippen LogP contribution in [0.5, 0.6) is 0 Å². The minimum atomic E-state index is 0.426. The lowest BCUT2D eigenvalue weighted by Gasteiger charge is -2.10. The van der Waals surface area contributed by atoms with Crippen molar-refractivity contribution < 1.29 is 0 Å². The molecule has 5 heteroatoms. The summed E-state index contributed by atoms with van der Waals surface area (Å²) in [6.45, 7) is 2.02. The van der Waals surface area contributed by atoms with E-state index in [1.165, 1.54) is 12.8 Å². The van der Waals surface area contributed by atoms with E-state index in [9.17, 15) is 0 Å². The number of hydrogen-bond acceptors (Lipinski definition) is 4. The van der Waals surface area contributed by atoms with Crippen molar-refractivity contribution in [1.82, 2.24) is 15.5 Å². The normalized spacial score (nSPS) is 21.1. The highest BCUT2D eigenvalue weighted by atomic mass is 35.5. The molecule has 2 heterocycles. The maximum absolute atomic E-state index is 5.63. The number of hydrogen-bond donors (Lipinski definition) is 2.